The molecule has 28 heavy (non-hydrogen) atoms. The number of ether oxygens (including phenoxy) is 4. The minimum atomic E-state index is -0.583. The average molecular weight is 385 g/mol. The molecular weight excluding hydrogens is 362 g/mol. The molecule has 148 valence electrons. The normalized spacial score (nSPS) is 30.3. The molecule has 0 unspecified atom stereocenters. The fourth-order valence-electron chi connectivity index (χ4n) is 4.71. The van der Waals surface area contributed by atoms with Crippen molar-refractivity contribution >= 4 is 11.9 Å². The van der Waals surface area contributed by atoms with Crippen molar-refractivity contribution < 1.29 is 28.5 Å². The van der Waals surface area contributed by atoms with E-state index in [1.807, 2.05) is 12.1 Å². The predicted octanol–water partition coefficient (Wildman–Crippen LogP) is 2.25. The third-order valence-electron chi connectivity index (χ3n) is 6.09. The molecule has 7 heteroatoms. The highest BCUT2D eigenvalue weighted by Gasteiger charge is 2.52. The largest absolute Gasteiger partial charge is 0.454 e. The number of hydrogen-bond acceptors (Lipinski definition) is 7. The van der Waals surface area contributed by atoms with Gasteiger partial charge in [0, 0.05) is 18.5 Å². The molecule has 3 aliphatic heterocycles. The summed E-state index contributed by atoms with van der Waals surface area (Å²) in [4.78, 5) is 27.3. The first-order chi connectivity index (χ1) is 13.4. The third kappa shape index (κ3) is 2.53. The summed E-state index contributed by atoms with van der Waals surface area (Å²) in [6, 6.07) is 3.70. The van der Waals surface area contributed by atoms with Crippen LogP contribution in [0.5, 0.6) is 11.5 Å². The van der Waals surface area contributed by atoms with E-state index in [0.29, 0.717) is 17.1 Å². The van der Waals surface area contributed by atoms with Gasteiger partial charge in [-0.05, 0) is 37.2 Å². The number of fused-ring (bicyclic) bond motifs is 6. The van der Waals surface area contributed by atoms with Gasteiger partial charge >= 0.3 is 11.9 Å². The van der Waals surface area contributed by atoms with Gasteiger partial charge in [0.05, 0.1) is 11.5 Å². The van der Waals surface area contributed by atoms with Crippen LogP contribution in [-0.2, 0) is 14.3 Å². The van der Waals surface area contributed by atoms with Crippen molar-refractivity contribution in [1.29, 1.82) is 0 Å². The Morgan fingerprint density at radius 3 is 2.75 bits per heavy atom. The van der Waals surface area contributed by atoms with E-state index in [4.69, 9.17) is 18.9 Å². The monoisotopic (exact) mass is 385 g/mol. The maximum Gasteiger partial charge on any atom is 0.339 e. The van der Waals surface area contributed by atoms with Crippen molar-refractivity contribution in [3.63, 3.8) is 0 Å². The van der Waals surface area contributed by atoms with Crippen molar-refractivity contribution in [2.45, 2.75) is 44.4 Å². The molecule has 3 heterocycles. The summed E-state index contributed by atoms with van der Waals surface area (Å²) < 4.78 is 22.6. The van der Waals surface area contributed by atoms with E-state index in [2.05, 4.69) is 11.9 Å². The van der Waals surface area contributed by atoms with Crippen molar-refractivity contribution in [2.24, 2.45) is 5.92 Å². The van der Waals surface area contributed by atoms with Gasteiger partial charge < -0.3 is 18.9 Å². The molecule has 1 saturated heterocycles. The van der Waals surface area contributed by atoms with E-state index in [-0.39, 0.29) is 30.6 Å². The Morgan fingerprint density at radius 2 is 2.00 bits per heavy atom. The summed E-state index contributed by atoms with van der Waals surface area (Å²) in [6.07, 6.45) is 1.76. The highest BCUT2D eigenvalue weighted by molar-refractivity contribution is 5.94. The zero-order valence-electron chi connectivity index (χ0n) is 16.1. The standard InChI is InChI=1S/C21H23NO6/c1-10(2)20(23)27-16-6-11-4-5-22(3)18(11)17-12-7-14-15(26-9-25-14)8-13(12)21(24)28-19(16)17/h6-8,10,16-19H,4-5,9H2,1-3H3/t16-,17-,18+,19+/m0/s1. The number of likely N-dealkylation sites (tertiary alicyclic amines) is 1. The molecule has 0 saturated carbocycles. The van der Waals surface area contributed by atoms with E-state index >= 15 is 0 Å². The SMILES string of the molecule is CC(C)C(=O)O[C@H]1C=C2CCN(C)[C@H]2[C@@H]2c3cc4c(cc3C(=O)O[C@@H]21)OCO4. The van der Waals surface area contributed by atoms with Gasteiger partial charge in [0.1, 0.15) is 0 Å². The summed E-state index contributed by atoms with van der Waals surface area (Å²) in [5, 5.41) is 0. The average Bonchev–Trinajstić information content (AvgIpc) is 3.27. The van der Waals surface area contributed by atoms with Crippen molar-refractivity contribution in [1.82, 2.24) is 4.90 Å². The zero-order chi connectivity index (χ0) is 19.6. The fourth-order valence-corrected chi connectivity index (χ4v) is 4.71. The summed E-state index contributed by atoms with van der Waals surface area (Å²) in [5.41, 5.74) is 2.60. The summed E-state index contributed by atoms with van der Waals surface area (Å²) in [7, 11) is 2.08. The van der Waals surface area contributed by atoms with E-state index < -0.39 is 18.2 Å². The van der Waals surface area contributed by atoms with Crippen LogP contribution in [0.3, 0.4) is 0 Å². The highest BCUT2D eigenvalue weighted by Crippen LogP contribution is 2.49. The van der Waals surface area contributed by atoms with Crippen LogP contribution in [0.2, 0.25) is 0 Å². The van der Waals surface area contributed by atoms with Crippen LogP contribution in [-0.4, -0.2) is 55.5 Å². The van der Waals surface area contributed by atoms with E-state index in [1.165, 1.54) is 5.57 Å². The first-order valence-electron chi connectivity index (χ1n) is 9.70. The van der Waals surface area contributed by atoms with Crippen LogP contribution in [0.4, 0.5) is 0 Å². The Balaban J connectivity index is 1.62. The van der Waals surface area contributed by atoms with E-state index in [9.17, 15) is 9.59 Å². The van der Waals surface area contributed by atoms with Crippen LogP contribution in [0.25, 0.3) is 0 Å². The van der Waals surface area contributed by atoms with Gasteiger partial charge in [-0.3, -0.25) is 9.69 Å². The van der Waals surface area contributed by atoms with E-state index in [1.54, 1.807) is 19.9 Å². The number of benzene rings is 1. The second-order valence-electron chi connectivity index (χ2n) is 8.16. The number of likely N-dealkylation sites (N-methyl/N-ethyl adjacent to an activating group) is 1. The fraction of sp³-hybridized carbons (Fsp3) is 0.524. The molecule has 4 atom stereocenters. The highest BCUT2D eigenvalue weighted by atomic mass is 16.7. The Hall–Kier alpha value is -2.54. The van der Waals surface area contributed by atoms with Gasteiger partial charge in [0.2, 0.25) is 6.79 Å². The van der Waals surface area contributed by atoms with Gasteiger partial charge in [0.25, 0.3) is 0 Å². The van der Waals surface area contributed by atoms with Crippen LogP contribution < -0.4 is 9.47 Å². The Morgan fingerprint density at radius 1 is 1.25 bits per heavy atom. The molecule has 1 aliphatic carbocycles. The lowest BCUT2D eigenvalue weighted by Gasteiger charge is -2.44. The topological polar surface area (TPSA) is 74.3 Å². The molecule has 1 fully saturated rings. The second-order valence-corrected chi connectivity index (χ2v) is 8.16. The minimum Gasteiger partial charge on any atom is -0.454 e. The number of nitrogens with zero attached hydrogens (tertiary/aromatic N) is 1. The molecule has 5 rings (SSSR count). The third-order valence-corrected chi connectivity index (χ3v) is 6.09. The van der Waals surface area contributed by atoms with Crippen molar-refractivity contribution in [3.8, 4) is 11.5 Å². The molecule has 1 aromatic rings. The van der Waals surface area contributed by atoms with Crippen LogP contribution >= 0.6 is 0 Å². The lowest BCUT2D eigenvalue weighted by atomic mass is 9.73. The number of hydrogen-bond donors (Lipinski definition) is 0. The van der Waals surface area contributed by atoms with Gasteiger partial charge in [-0.1, -0.05) is 19.4 Å². The molecule has 0 amide bonds. The number of esters is 2. The molecule has 7 nitrogen and oxygen atoms in total. The molecular formula is C21H23NO6. The minimum absolute atomic E-state index is 0.103. The number of carbonyl (C=O) groups is 2. The Labute approximate surface area is 163 Å². The van der Waals surface area contributed by atoms with Gasteiger partial charge in [0.15, 0.2) is 23.7 Å². The number of rotatable bonds is 2. The van der Waals surface area contributed by atoms with Gasteiger partial charge in [-0.15, -0.1) is 0 Å². The molecule has 0 N–H and O–H groups in total. The summed E-state index contributed by atoms with van der Waals surface area (Å²) in [6.45, 7) is 4.65. The predicted molar refractivity (Wildman–Crippen MR) is 98.3 cm³/mol. The molecule has 0 bridgehead atoms. The summed E-state index contributed by atoms with van der Waals surface area (Å²) in [5.74, 6) is 0.111. The smallest absolute Gasteiger partial charge is 0.339 e. The quantitative estimate of drug-likeness (QED) is 0.571. The molecule has 0 spiro atoms. The van der Waals surface area contributed by atoms with Crippen LogP contribution in [0.1, 0.15) is 42.1 Å². The van der Waals surface area contributed by atoms with Crippen LogP contribution in [0.15, 0.2) is 23.8 Å². The first kappa shape index (κ1) is 17.6. The first-order valence-corrected chi connectivity index (χ1v) is 9.70. The van der Waals surface area contributed by atoms with Crippen molar-refractivity contribution in [2.75, 3.05) is 20.4 Å². The number of carbonyl (C=O) groups excluding carboxylic acids is 2. The Kier molecular flexibility index (Phi) is 3.91. The van der Waals surface area contributed by atoms with Crippen molar-refractivity contribution in [3.05, 3.63) is 34.9 Å². The molecule has 1 aromatic carbocycles. The lowest BCUT2D eigenvalue weighted by molar-refractivity contribution is -0.157. The van der Waals surface area contributed by atoms with Gasteiger partial charge in [-0.2, -0.15) is 0 Å². The molecule has 0 aromatic heterocycles. The Bertz CT molecular complexity index is 891. The van der Waals surface area contributed by atoms with Crippen LogP contribution in [0, 0.1) is 5.92 Å². The maximum absolute atomic E-state index is 12.8. The maximum atomic E-state index is 12.8. The lowest BCUT2D eigenvalue weighted by Crippen LogP contribution is -2.52. The second kappa shape index (κ2) is 6.24. The van der Waals surface area contributed by atoms with E-state index in [0.717, 1.165) is 18.5 Å². The molecule has 0 radical (unpaired) electrons. The van der Waals surface area contributed by atoms with Gasteiger partial charge in [-0.25, -0.2) is 4.79 Å². The zero-order valence-corrected chi connectivity index (χ0v) is 16.1. The molecule has 4 aliphatic rings. The summed E-state index contributed by atoms with van der Waals surface area (Å²) >= 11 is 0.